The van der Waals surface area contributed by atoms with Crippen molar-refractivity contribution in [2.45, 2.75) is 0 Å². The number of fused-ring (bicyclic) bond motifs is 1. The highest BCUT2D eigenvalue weighted by atomic mass is 35.5. The van der Waals surface area contributed by atoms with E-state index in [9.17, 15) is 0 Å². The van der Waals surface area contributed by atoms with E-state index in [1.807, 2.05) is 78.9 Å². The Labute approximate surface area is 182 Å². The Balaban J connectivity index is 1.39. The summed E-state index contributed by atoms with van der Waals surface area (Å²) in [6.45, 7) is 0. The number of furan rings is 1. The molecular formula is C24H14Cl2N2O2. The molecule has 0 aliphatic carbocycles. The molecule has 2 aromatic heterocycles. The molecule has 0 saturated carbocycles. The third kappa shape index (κ3) is 3.88. The number of rotatable bonds is 4. The fourth-order valence-corrected chi connectivity index (χ4v) is 3.39. The summed E-state index contributed by atoms with van der Waals surface area (Å²) in [5.74, 6) is 1.92. The van der Waals surface area contributed by atoms with Crippen molar-refractivity contribution in [3.8, 4) is 22.8 Å². The summed E-state index contributed by atoms with van der Waals surface area (Å²) >= 11 is 12.0. The number of aromatic nitrogens is 1. The van der Waals surface area contributed by atoms with E-state index in [2.05, 4.69) is 9.98 Å². The fraction of sp³-hybridized carbons (Fsp3) is 0. The predicted octanol–water partition coefficient (Wildman–Crippen LogP) is 7.81. The standard InChI is InChI=1S/C24H14Cl2N2O2/c25-17-6-4-15(5-7-17)24-28-21-13-19(8-10-23(21)30-24)27-14-20-9-11-22(29-20)16-2-1-3-18(26)12-16/h1-14H. The van der Waals surface area contributed by atoms with Crippen molar-refractivity contribution in [2.24, 2.45) is 4.99 Å². The van der Waals surface area contributed by atoms with Gasteiger partial charge in [0, 0.05) is 21.2 Å². The second-order valence-electron chi connectivity index (χ2n) is 6.65. The first-order valence-corrected chi connectivity index (χ1v) is 9.96. The van der Waals surface area contributed by atoms with E-state index < -0.39 is 0 Å². The molecule has 0 saturated heterocycles. The van der Waals surface area contributed by atoms with E-state index >= 15 is 0 Å². The Morgan fingerprint density at radius 3 is 2.47 bits per heavy atom. The van der Waals surface area contributed by atoms with Crippen LogP contribution >= 0.6 is 23.2 Å². The molecule has 0 radical (unpaired) electrons. The molecule has 0 atom stereocenters. The summed E-state index contributed by atoms with van der Waals surface area (Å²) in [4.78, 5) is 9.06. The van der Waals surface area contributed by atoms with E-state index in [0.717, 1.165) is 28.1 Å². The molecule has 6 heteroatoms. The second kappa shape index (κ2) is 7.82. The van der Waals surface area contributed by atoms with Gasteiger partial charge in [-0.15, -0.1) is 0 Å². The van der Waals surface area contributed by atoms with Crippen LogP contribution in [0, 0.1) is 0 Å². The lowest BCUT2D eigenvalue weighted by Crippen LogP contribution is -1.77. The third-order valence-electron chi connectivity index (χ3n) is 4.54. The number of hydrogen-bond acceptors (Lipinski definition) is 4. The minimum Gasteiger partial charge on any atom is -0.455 e. The van der Waals surface area contributed by atoms with Crippen LogP contribution in [0.25, 0.3) is 33.9 Å². The topological polar surface area (TPSA) is 51.5 Å². The number of nitrogens with zero attached hydrogens (tertiary/aromatic N) is 2. The number of oxazole rings is 1. The van der Waals surface area contributed by atoms with E-state index in [0.29, 0.717) is 27.3 Å². The second-order valence-corrected chi connectivity index (χ2v) is 7.52. The Morgan fingerprint density at radius 2 is 1.63 bits per heavy atom. The van der Waals surface area contributed by atoms with Gasteiger partial charge in [0.15, 0.2) is 5.58 Å². The summed E-state index contributed by atoms with van der Waals surface area (Å²) < 4.78 is 11.7. The maximum Gasteiger partial charge on any atom is 0.227 e. The summed E-state index contributed by atoms with van der Waals surface area (Å²) in [5, 5.41) is 1.33. The SMILES string of the molecule is Clc1ccc(-c2nc3cc(N=Cc4ccc(-c5cccc(Cl)c5)o4)ccc3o2)cc1. The van der Waals surface area contributed by atoms with E-state index in [4.69, 9.17) is 32.0 Å². The van der Waals surface area contributed by atoms with Crippen LogP contribution in [-0.4, -0.2) is 11.2 Å². The molecule has 0 bridgehead atoms. The Hall–Kier alpha value is -3.34. The summed E-state index contributed by atoms with van der Waals surface area (Å²) in [5.41, 5.74) is 3.96. The normalized spacial score (nSPS) is 11.5. The molecular weight excluding hydrogens is 419 g/mol. The van der Waals surface area contributed by atoms with Gasteiger partial charge >= 0.3 is 0 Å². The monoisotopic (exact) mass is 432 g/mol. The Kier molecular flexibility index (Phi) is 4.87. The van der Waals surface area contributed by atoms with Crippen molar-refractivity contribution in [1.29, 1.82) is 0 Å². The number of aliphatic imine (C=N–C) groups is 1. The van der Waals surface area contributed by atoms with Gasteiger partial charge in [0.25, 0.3) is 0 Å². The Morgan fingerprint density at radius 1 is 0.767 bits per heavy atom. The quantitative estimate of drug-likeness (QED) is 0.272. The smallest absolute Gasteiger partial charge is 0.227 e. The van der Waals surface area contributed by atoms with Gasteiger partial charge < -0.3 is 8.83 Å². The van der Waals surface area contributed by atoms with Crippen LogP contribution in [0.15, 0.2) is 92.7 Å². The molecule has 0 N–H and O–H groups in total. The highest BCUT2D eigenvalue weighted by Gasteiger charge is 2.09. The summed E-state index contributed by atoms with van der Waals surface area (Å²) in [6.07, 6.45) is 1.68. The summed E-state index contributed by atoms with van der Waals surface area (Å²) in [7, 11) is 0. The lowest BCUT2D eigenvalue weighted by atomic mass is 10.2. The average molecular weight is 433 g/mol. The van der Waals surface area contributed by atoms with Crippen molar-refractivity contribution >= 4 is 46.2 Å². The average Bonchev–Trinajstić information content (AvgIpc) is 3.39. The first kappa shape index (κ1) is 18.7. The first-order valence-electron chi connectivity index (χ1n) is 9.20. The molecule has 30 heavy (non-hydrogen) atoms. The highest BCUT2D eigenvalue weighted by molar-refractivity contribution is 6.31. The lowest BCUT2D eigenvalue weighted by molar-refractivity contribution is 0.575. The van der Waals surface area contributed by atoms with Crippen molar-refractivity contribution < 1.29 is 8.83 Å². The van der Waals surface area contributed by atoms with Crippen LogP contribution in [-0.2, 0) is 0 Å². The fourth-order valence-electron chi connectivity index (χ4n) is 3.07. The zero-order chi connectivity index (χ0) is 20.5. The highest BCUT2D eigenvalue weighted by Crippen LogP contribution is 2.28. The van der Waals surface area contributed by atoms with Gasteiger partial charge in [-0.25, -0.2) is 4.98 Å². The molecule has 0 spiro atoms. The van der Waals surface area contributed by atoms with Crippen LogP contribution in [0.5, 0.6) is 0 Å². The molecule has 0 aliphatic rings. The number of benzene rings is 3. The van der Waals surface area contributed by atoms with E-state index in [1.165, 1.54) is 0 Å². The molecule has 5 rings (SSSR count). The minimum absolute atomic E-state index is 0.542. The molecule has 4 nitrogen and oxygen atoms in total. The van der Waals surface area contributed by atoms with Crippen LogP contribution in [0.4, 0.5) is 5.69 Å². The van der Waals surface area contributed by atoms with Crippen LogP contribution in [0.3, 0.4) is 0 Å². The summed E-state index contributed by atoms with van der Waals surface area (Å²) in [6, 6.07) is 24.2. The first-order chi connectivity index (χ1) is 14.6. The van der Waals surface area contributed by atoms with Crippen molar-refractivity contribution in [3.05, 3.63) is 94.7 Å². The maximum atomic E-state index is 6.05. The van der Waals surface area contributed by atoms with Gasteiger partial charge in [0.1, 0.15) is 17.0 Å². The minimum atomic E-state index is 0.542. The van der Waals surface area contributed by atoms with Gasteiger partial charge in [-0.1, -0.05) is 35.3 Å². The molecule has 146 valence electrons. The van der Waals surface area contributed by atoms with Crippen LogP contribution < -0.4 is 0 Å². The Bertz CT molecular complexity index is 1370. The zero-order valence-electron chi connectivity index (χ0n) is 15.5. The van der Waals surface area contributed by atoms with E-state index in [-0.39, 0.29) is 0 Å². The van der Waals surface area contributed by atoms with Gasteiger partial charge in [-0.05, 0) is 66.7 Å². The molecule has 3 aromatic carbocycles. The van der Waals surface area contributed by atoms with Crippen LogP contribution in [0.1, 0.15) is 5.76 Å². The number of hydrogen-bond donors (Lipinski definition) is 0. The van der Waals surface area contributed by atoms with Crippen molar-refractivity contribution in [2.75, 3.05) is 0 Å². The van der Waals surface area contributed by atoms with Gasteiger partial charge in [0.05, 0.1) is 11.9 Å². The van der Waals surface area contributed by atoms with Crippen molar-refractivity contribution in [3.63, 3.8) is 0 Å². The van der Waals surface area contributed by atoms with Gasteiger partial charge in [0.2, 0.25) is 5.89 Å². The maximum absolute atomic E-state index is 6.05. The van der Waals surface area contributed by atoms with E-state index in [1.54, 1.807) is 6.21 Å². The zero-order valence-corrected chi connectivity index (χ0v) is 17.1. The van der Waals surface area contributed by atoms with Gasteiger partial charge in [-0.2, -0.15) is 0 Å². The largest absolute Gasteiger partial charge is 0.455 e. The van der Waals surface area contributed by atoms with Crippen LogP contribution in [0.2, 0.25) is 10.0 Å². The molecule has 5 aromatic rings. The van der Waals surface area contributed by atoms with Crippen molar-refractivity contribution in [1.82, 2.24) is 4.98 Å². The lowest BCUT2D eigenvalue weighted by Gasteiger charge is -1.97. The molecule has 0 aliphatic heterocycles. The third-order valence-corrected chi connectivity index (χ3v) is 5.03. The molecule has 0 unspecified atom stereocenters. The molecule has 2 heterocycles. The number of halogens is 2. The molecule has 0 amide bonds. The predicted molar refractivity (Wildman–Crippen MR) is 121 cm³/mol. The van der Waals surface area contributed by atoms with Gasteiger partial charge in [-0.3, -0.25) is 4.99 Å². The molecule has 0 fully saturated rings.